The zero-order chi connectivity index (χ0) is 14.4. The van der Waals surface area contributed by atoms with E-state index in [4.69, 9.17) is 0 Å². The van der Waals surface area contributed by atoms with E-state index in [0.29, 0.717) is 10.9 Å². The van der Waals surface area contributed by atoms with Crippen LogP contribution in [0.2, 0.25) is 0 Å². The summed E-state index contributed by atoms with van der Waals surface area (Å²) >= 11 is 0. The summed E-state index contributed by atoms with van der Waals surface area (Å²) in [5.74, 6) is -3.31. The van der Waals surface area contributed by atoms with Crippen molar-refractivity contribution in [2.75, 3.05) is 0 Å². The second-order valence-electron chi connectivity index (χ2n) is 4.39. The van der Waals surface area contributed by atoms with E-state index in [1.807, 2.05) is 0 Å². The molecule has 0 spiro atoms. The minimum atomic E-state index is -1.50. The molecule has 1 aliphatic rings. The van der Waals surface area contributed by atoms with E-state index < -0.39 is 11.9 Å². The Hall–Kier alpha value is -2.95. The summed E-state index contributed by atoms with van der Waals surface area (Å²) in [7, 11) is 0. The van der Waals surface area contributed by atoms with Crippen LogP contribution in [0.25, 0.3) is 16.8 Å². The molecule has 3 rings (SSSR count). The first kappa shape index (κ1) is 12.1. The van der Waals surface area contributed by atoms with Gasteiger partial charge in [0.25, 0.3) is 0 Å². The third-order valence-corrected chi connectivity index (χ3v) is 3.31. The molecular formula is C15H6O5-2. The second-order valence-corrected chi connectivity index (χ2v) is 4.39. The Morgan fingerprint density at radius 3 is 2.00 bits per heavy atom. The molecule has 2 aromatic carbocycles. The van der Waals surface area contributed by atoms with Gasteiger partial charge in [0, 0.05) is 27.5 Å². The first-order valence-electron chi connectivity index (χ1n) is 5.75. The molecule has 0 aliphatic heterocycles. The first-order chi connectivity index (χ1) is 9.50. The standard InChI is InChI=1S/C15H8O5/c16-11-6-2-7-1-3-9(14(17)18)13-10(15(19)20)5-4-8(11)12(7)13/h1-6H,(H,17,18)(H,19,20)/p-2. The van der Waals surface area contributed by atoms with Crippen LogP contribution in [-0.4, -0.2) is 17.7 Å². The fourth-order valence-electron chi connectivity index (χ4n) is 2.46. The van der Waals surface area contributed by atoms with Gasteiger partial charge >= 0.3 is 0 Å². The van der Waals surface area contributed by atoms with Gasteiger partial charge in [-0.15, -0.1) is 0 Å². The van der Waals surface area contributed by atoms with Gasteiger partial charge in [0.05, 0.1) is 11.9 Å². The SMILES string of the molecule is O=C1C=Cc2ccc(C(=O)[O-])c3c(C(=O)[O-])ccc1c23. The van der Waals surface area contributed by atoms with E-state index >= 15 is 0 Å². The normalized spacial score (nSPS) is 12.7. The fourth-order valence-corrected chi connectivity index (χ4v) is 2.46. The van der Waals surface area contributed by atoms with Crippen molar-refractivity contribution < 1.29 is 24.6 Å². The number of allylic oxidation sites excluding steroid dienone is 1. The zero-order valence-electron chi connectivity index (χ0n) is 10.0. The van der Waals surface area contributed by atoms with Crippen LogP contribution in [0, 0.1) is 0 Å². The molecule has 0 fully saturated rings. The molecular weight excluding hydrogens is 260 g/mol. The van der Waals surface area contributed by atoms with Gasteiger partial charge < -0.3 is 19.8 Å². The Morgan fingerprint density at radius 1 is 0.800 bits per heavy atom. The van der Waals surface area contributed by atoms with E-state index in [2.05, 4.69) is 0 Å². The first-order valence-corrected chi connectivity index (χ1v) is 5.75. The second kappa shape index (κ2) is 4.03. The number of carbonyl (C=O) groups is 3. The summed E-state index contributed by atoms with van der Waals surface area (Å²) in [6.45, 7) is 0. The lowest BCUT2D eigenvalue weighted by molar-refractivity contribution is -0.255. The molecule has 0 aromatic heterocycles. The molecule has 2 aromatic rings. The maximum absolute atomic E-state index is 11.8. The van der Waals surface area contributed by atoms with Crippen LogP contribution < -0.4 is 10.2 Å². The topological polar surface area (TPSA) is 97.3 Å². The number of rotatable bonds is 2. The summed E-state index contributed by atoms with van der Waals surface area (Å²) in [4.78, 5) is 34.2. The van der Waals surface area contributed by atoms with Crippen LogP contribution in [-0.2, 0) is 0 Å². The highest BCUT2D eigenvalue weighted by molar-refractivity contribution is 6.24. The van der Waals surface area contributed by atoms with Gasteiger partial charge in [-0.1, -0.05) is 24.3 Å². The van der Waals surface area contributed by atoms with Crippen LogP contribution in [0.4, 0.5) is 0 Å². The van der Waals surface area contributed by atoms with Crippen molar-refractivity contribution >= 4 is 34.6 Å². The van der Waals surface area contributed by atoms with Crippen molar-refractivity contribution in [2.45, 2.75) is 0 Å². The average Bonchev–Trinajstić information content (AvgIpc) is 2.41. The largest absolute Gasteiger partial charge is 0.545 e. The molecule has 20 heavy (non-hydrogen) atoms. The summed E-state index contributed by atoms with van der Waals surface area (Å²) in [6.07, 6.45) is 2.88. The number of benzene rings is 2. The number of carbonyl (C=O) groups excluding carboxylic acids is 3. The highest BCUT2D eigenvalue weighted by Crippen LogP contribution is 2.33. The molecule has 0 radical (unpaired) electrons. The predicted molar refractivity (Wildman–Crippen MR) is 66.0 cm³/mol. The highest BCUT2D eigenvalue weighted by atomic mass is 16.4. The van der Waals surface area contributed by atoms with E-state index in [9.17, 15) is 24.6 Å². The number of aromatic carboxylic acids is 2. The van der Waals surface area contributed by atoms with Gasteiger partial charge in [0.1, 0.15) is 0 Å². The average molecular weight is 266 g/mol. The Labute approximate surface area is 112 Å². The number of carboxylic acids is 2. The smallest absolute Gasteiger partial charge is 0.186 e. The van der Waals surface area contributed by atoms with Crippen molar-refractivity contribution in [1.82, 2.24) is 0 Å². The Morgan fingerprint density at radius 2 is 1.40 bits per heavy atom. The molecule has 0 saturated carbocycles. The maximum atomic E-state index is 11.8. The van der Waals surface area contributed by atoms with Gasteiger partial charge in [0.2, 0.25) is 0 Å². The summed E-state index contributed by atoms with van der Waals surface area (Å²) in [6, 6.07) is 5.32. The molecule has 0 bridgehead atoms. The lowest BCUT2D eigenvalue weighted by Gasteiger charge is -2.19. The van der Waals surface area contributed by atoms with Crippen molar-refractivity contribution in [3.8, 4) is 0 Å². The number of hydrogen-bond donors (Lipinski definition) is 0. The Kier molecular flexibility index (Phi) is 2.44. The molecule has 0 saturated heterocycles. The molecule has 0 heterocycles. The van der Waals surface area contributed by atoms with Gasteiger partial charge in [-0.05, 0) is 17.7 Å². The van der Waals surface area contributed by atoms with Crippen LogP contribution in [0.1, 0.15) is 36.6 Å². The minimum absolute atomic E-state index is 0.0299. The highest BCUT2D eigenvalue weighted by Gasteiger charge is 2.19. The van der Waals surface area contributed by atoms with Crippen molar-refractivity contribution in [3.63, 3.8) is 0 Å². The van der Waals surface area contributed by atoms with Crippen LogP contribution in [0.15, 0.2) is 30.3 Å². The molecule has 5 nitrogen and oxygen atoms in total. The van der Waals surface area contributed by atoms with Crippen molar-refractivity contribution in [2.24, 2.45) is 0 Å². The molecule has 0 atom stereocenters. The third-order valence-electron chi connectivity index (χ3n) is 3.31. The minimum Gasteiger partial charge on any atom is -0.545 e. The molecule has 0 amide bonds. The molecule has 0 unspecified atom stereocenters. The Balaban J connectivity index is 2.59. The van der Waals surface area contributed by atoms with Gasteiger partial charge in [0.15, 0.2) is 5.78 Å². The lowest BCUT2D eigenvalue weighted by atomic mass is 9.87. The predicted octanol–water partition coefficient (Wildman–Crippen LogP) is -0.224. The summed E-state index contributed by atoms with van der Waals surface area (Å²) < 4.78 is 0. The zero-order valence-corrected chi connectivity index (χ0v) is 10.0. The Bertz CT molecular complexity index is 810. The third kappa shape index (κ3) is 1.53. The molecule has 1 aliphatic carbocycles. The lowest BCUT2D eigenvalue weighted by Crippen LogP contribution is -2.26. The number of carboxylic acid groups (broad SMARTS) is 2. The van der Waals surface area contributed by atoms with Crippen LogP contribution in [0.5, 0.6) is 0 Å². The van der Waals surface area contributed by atoms with Crippen LogP contribution in [0.3, 0.4) is 0 Å². The van der Waals surface area contributed by atoms with E-state index in [0.717, 1.165) is 0 Å². The quantitative estimate of drug-likeness (QED) is 0.748. The monoisotopic (exact) mass is 266 g/mol. The van der Waals surface area contributed by atoms with Crippen molar-refractivity contribution in [1.29, 1.82) is 0 Å². The summed E-state index contributed by atoms with van der Waals surface area (Å²) in [5.41, 5.74) is 0.314. The summed E-state index contributed by atoms with van der Waals surface area (Å²) in [5, 5.41) is 22.6. The fraction of sp³-hybridized carbons (Fsp3) is 0. The molecule has 98 valence electrons. The maximum Gasteiger partial charge on any atom is 0.186 e. The van der Waals surface area contributed by atoms with E-state index in [-0.39, 0.29) is 27.9 Å². The van der Waals surface area contributed by atoms with Crippen LogP contribution >= 0.6 is 0 Å². The van der Waals surface area contributed by atoms with Gasteiger partial charge in [-0.2, -0.15) is 0 Å². The molecule has 0 N–H and O–H groups in total. The number of hydrogen-bond acceptors (Lipinski definition) is 5. The van der Waals surface area contributed by atoms with Gasteiger partial charge in [-0.3, -0.25) is 4.79 Å². The van der Waals surface area contributed by atoms with Gasteiger partial charge in [-0.25, -0.2) is 0 Å². The van der Waals surface area contributed by atoms with E-state index in [1.54, 1.807) is 0 Å². The molecule has 5 heteroatoms. The van der Waals surface area contributed by atoms with E-state index in [1.165, 1.54) is 36.4 Å². The van der Waals surface area contributed by atoms with Crippen molar-refractivity contribution in [3.05, 3.63) is 52.6 Å². The number of ketones is 1.